The molecule has 0 aromatic heterocycles. The summed E-state index contributed by atoms with van der Waals surface area (Å²) in [6, 6.07) is 11.1. The molecule has 1 aliphatic rings. The van der Waals surface area contributed by atoms with E-state index in [2.05, 4.69) is 71.7 Å². The van der Waals surface area contributed by atoms with E-state index in [9.17, 15) is 0 Å². The third-order valence-electron chi connectivity index (χ3n) is 4.93. The molecule has 2 N–H and O–H groups in total. The monoisotopic (exact) mass is 487 g/mol. The number of anilines is 1. The second-order valence-corrected chi connectivity index (χ2v) is 7.13. The van der Waals surface area contributed by atoms with E-state index in [0.717, 1.165) is 32.0 Å². The van der Waals surface area contributed by atoms with Gasteiger partial charge in [0, 0.05) is 51.5 Å². The SMILES string of the molecule is CCCN1CCC(NC(=NCCCN(C)c2ccccc2)NCC)CC1.I. The minimum atomic E-state index is 0. The van der Waals surface area contributed by atoms with Gasteiger partial charge in [-0.2, -0.15) is 0 Å². The molecule has 1 aromatic carbocycles. The van der Waals surface area contributed by atoms with Crippen LogP contribution in [0.5, 0.6) is 0 Å². The first-order chi connectivity index (χ1) is 12.7. The first kappa shape index (κ1) is 24.0. The van der Waals surface area contributed by atoms with Crippen LogP contribution in [0.1, 0.15) is 39.5 Å². The molecule has 5 nitrogen and oxygen atoms in total. The zero-order valence-corrected chi connectivity index (χ0v) is 19.6. The average Bonchev–Trinajstić information content (AvgIpc) is 2.67. The van der Waals surface area contributed by atoms with Crippen molar-refractivity contribution in [3.8, 4) is 0 Å². The molecule has 0 spiro atoms. The third-order valence-corrected chi connectivity index (χ3v) is 4.93. The molecule has 1 aromatic rings. The van der Waals surface area contributed by atoms with Gasteiger partial charge in [0.15, 0.2) is 5.96 Å². The normalized spacial score (nSPS) is 15.9. The number of nitrogens with one attached hydrogen (secondary N) is 2. The highest BCUT2D eigenvalue weighted by molar-refractivity contribution is 14.0. The van der Waals surface area contributed by atoms with Crippen molar-refractivity contribution >= 4 is 35.6 Å². The van der Waals surface area contributed by atoms with Gasteiger partial charge in [0.25, 0.3) is 0 Å². The van der Waals surface area contributed by atoms with Crippen molar-refractivity contribution in [2.45, 2.75) is 45.6 Å². The van der Waals surface area contributed by atoms with E-state index in [1.807, 2.05) is 0 Å². The fourth-order valence-electron chi connectivity index (χ4n) is 3.44. The Hall–Kier alpha value is -1.02. The van der Waals surface area contributed by atoms with E-state index in [1.165, 1.54) is 44.6 Å². The van der Waals surface area contributed by atoms with Crippen LogP contribution in [0.25, 0.3) is 0 Å². The first-order valence-corrected chi connectivity index (χ1v) is 10.3. The zero-order valence-electron chi connectivity index (χ0n) is 17.3. The molecule has 0 bridgehead atoms. The number of aliphatic imine (C=N–C) groups is 1. The van der Waals surface area contributed by atoms with Gasteiger partial charge in [0.05, 0.1) is 0 Å². The van der Waals surface area contributed by atoms with E-state index in [4.69, 9.17) is 4.99 Å². The van der Waals surface area contributed by atoms with Gasteiger partial charge in [-0.25, -0.2) is 0 Å². The largest absolute Gasteiger partial charge is 0.375 e. The maximum Gasteiger partial charge on any atom is 0.191 e. The number of halogens is 1. The van der Waals surface area contributed by atoms with Gasteiger partial charge in [0.2, 0.25) is 0 Å². The molecule has 1 aliphatic heterocycles. The molecule has 0 atom stereocenters. The Kier molecular flexibility index (Phi) is 12.5. The summed E-state index contributed by atoms with van der Waals surface area (Å²) in [6.07, 6.45) is 4.72. The molecule has 0 radical (unpaired) electrons. The fourth-order valence-corrected chi connectivity index (χ4v) is 3.44. The summed E-state index contributed by atoms with van der Waals surface area (Å²) in [6.45, 7) is 10.8. The molecule has 0 amide bonds. The highest BCUT2D eigenvalue weighted by Gasteiger charge is 2.19. The van der Waals surface area contributed by atoms with E-state index in [1.54, 1.807) is 0 Å². The standard InChI is InChI=1S/C21H37N5.HI/c1-4-15-26-17-12-19(13-18-26)24-21(22-5-2)23-14-9-16-25(3)20-10-7-6-8-11-20;/h6-8,10-11,19H,4-5,9,12-18H2,1-3H3,(H2,22,23,24);1H. The molecule has 0 unspecified atom stereocenters. The van der Waals surface area contributed by atoms with Crippen LogP contribution in [-0.4, -0.2) is 63.2 Å². The molecule has 0 aliphatic carbocycles. The Labute approximate surface area is 183 Å². The molecule has 6 heteroatoms. The summed E-state index contributed by atoms with van der Waals surface area (Å²) in [7, 11) is 2.15. The number of benzene rings is 1. The van der Waals surface area contributed by atoms with Crippen molar-refractivity contribution in [3.05, 3.63) is 30.3 Å². The number of guanidine groups is 1. The molecular weight excluding hydrogens is 449 g/mol. The van der Waals surface area contributed by atoms with Crippen molar-refractivity contribution in [2.24, 2.45) is 4.99 Å². The number of nitrogens with zero attached hydrogens (tertiary/aromatic N) is 3. The van der Waals surface area contributed by atoms with Crippen LogP contribution in [-0.2, 0) is 0 Å². The topological polar surface area (TPSA) is 42.9 Å². The van der Waals surface area contributed by atoms with Crippen LogP contribution in [0.2, 0.25) is 0 Å². The minimum Gasteiger partial charge on any atom is -0.375 e. The van der Waals surface area contributed by atoms with Gasteiger partial charge in [-0.3, -0.25) is 4.99 Å². The second kappa shape index (κ2) is 14.0. The molecule has 154 valence electrons. The number of rotatable bonds is 9. The lowest BCUT2D eigenvalue weighted by Crippen LogP contribution is -2.48. The fraction of sp³-hybridized carbons (Fsp3) is 0.667. The Morgan fingerprint density at radius 3 is 2.52 bits per heavy atom. The number of hydrogen-bond donors (Lipinski definition) is 2. The summed E-state index contributed by atoms with van der Waals surface area (Å²) in [5, 5.41) is 7.04. The lowest BCUT2D eigenvalue weighted by Gasteiger charge is -2.32. The van der Waals surface area contributed by atoms with Crippen LogP contribution in [0.15, 0.2) is 35.3 Å². The number of hydrogen-bond acceptors (Lipinski definition) is 3. The van der Waals surface area contributed by atoms with Crippen LogP contribution in [0.3, 0.4) is 0 Å². The maximum absolute atomic E-state index is 4.78. The smallest absolute Gasteiger partial charge is 0.191 e. The molecule has 0 saturated carbocycles. The Balaban J connectivity index is 0.00000364. The Morgan fingerprint density at radius 2 is 1.89 bits per heavy atom. The summed E-state index contributed by atoms with van der Waals surface area (Å²) in [4.78, 5) is 9.64. The molecule has 1 heterocycles. The summed E-state index contributed by atoms with van der Waals surface area (Å²) in [5.41, 5.74) is 1.26. The number of piperidine rings is 1. The molecule has 1 fully saturated rings. The van der Waals surface area contributed by atoms with Crippen molar-refractivity contribution in [1.29, 1.82) is 0 Å². The van der Waals surface area contributed by atoms with Crippen molar-refractivity contribution in [3.63, 3.8) is 0 Å². The van der Waals surface area contributed by atoms with Crippen LogP contribution >= 0.6 is 24.0 Å². The minimum absolute atomic E-state index is 0. The summed E-state index contributed by atoms with van der Waals surface area (Å²) >= 11 is 0. The highest BCUT2D eigenvalue weighted by Crippen LogP contribution is 2.11. The van der Waals surface area contributed by atoms with Gasteiger partial charge in [-0.1, -0.05) is 25.1 Å². The average molecular weight is 487 g/mol. The van der Waals surface area contributed by atoms with E-state index in [0.29, 0.717) is 6.04 Å². The lowest BCUT2D eigenvalue weighted by atomic mass is 10.1. The predicted molar refractivity (Wildman–Crippen MR) is 129 cm³/mol. The van der Waals surface area contributed by atoms with Gasteiger partial charge in [-0.15, -0.1) is 24.0 Å². The van der Waals surface area contributed by atoms with Crippen molar-refractivity contribution in [2.75, 3.05) is 51.2 Å². The van der Waals surface area contributed by atoms with Crippen molar-refractivity contribution in [1.82, 2.24) is 15.5 Å². The van der Waals surface area contributed by atoms with Crippen LogP contribution < -0.4 is 15.5 Å². The summed E-state index contributed by atoms with van der Waals surface area (Å²) < 4.78 is 0. The van der Waals surface area contributed by atoms with Gasteiger partial charge in [-0.05, 0) is 51.3 Å². The first-order valence-electron chi connectivity index (χ1n) is 10.3. The van der Waals surface area contributed by atoms with Crippen molar-refractivity contribution < 1.29 is 0 Å². The maximum atomic E-state index is 4.78. The van der Waals surface area contributed by atoms with Gasteiger partial charge >= 0.3 is 0 Å². The predicted octanol–water partition coefficient (Wildman–Crippen LogP) is 3.56. The number of likely N-dealkylation sites (tertiary alicyclic amines) is 1. The Bertz CT molecular complexity index is 515. The zero-order chi connectivity index (χ0) is 18.6. The van der Waals surface area contributed by atoms with E-state index < -0.39 is 0 Å². The summed E-state index contributed by atoms with van der Waals surface area (Å²) in [5.74, 6) is 0.976. The van der Waals surface area contributed by atoms with E-state index in [-0.39, 0.29) is 24.0 Å². The Morgan fingerprint density at radius 1 is 1.19 bits per heavy atom. The molecular formula is C21H38IN5. The number of para-hydroxylation sites is 1. The molecule has 1 saturated heterocycles. The van der Waals surface area contributed by atoms with Gasteiger partial charge < -0.3 is 20.4 Å². The van der Waals surface area contributed by atoms with Crippen LogP contribution in [0.4, 0.5) is 5.69 Å². The lowest BCUT2D eigenvalue weighted by molar-refractivity contribution is 0.206. The quantitative estimate of drug-likeness (QED) is 0.242. The van der Waals surface area contributed by atoms with E-state index >= 15 is 0 Å². The molecule has 2 rings (SSSR count). The van der Waals surface area contributed by atoms with Crippen LogP contribution in [0, 0.1) is 0 Å². The molecule has 27 heavy (non-hydrogen) atoms. The highest BCUT2D eigenvalue weighted by atomic mass is 127. The second-order valence-electron chi connectivity index (χ2n) is 7.13. The third kappa shape index (κ3) is 9.14. The van der Waals surface area contributed by atoms with Gasteiger partial charge in [0.1, 0.15) is 0 Å².